The summed E-state index contributed by atoms with van der Waals surface area (Å²) in [5.74, 6) is 0.574. The number of nitrogens with zero attached hydrogens (tertiary/aromatic N) is 1. The minimum atomic E-state index is -3.54. The number of nitrogens with one attached hydrogen (secondary N) is 1. The fourth-order valence-electron chi connectivity index (χ4n) is 3.50. The molecule has 0 atom stereocenters. The van der Waals surface area contributed by atoms with E-state index in [2.05, 4.69) is 5.32 Å². The summed E-state index contributed by atoms with van der Waals surface area (Å²) in [6, 6.07) is 12.6. The van der Waals surface area contributed by atoms with Crippen LogP contribution in [0.2, 0.25) is 0 Å². The Labute approximate surface area is 172 Å². The largest absolute Gasteiger partial charge is 0.497 e. The summed E-state index contributed by atoms with van der Waals surface area (Å²) in [5, 5.41) is 2.91. The Morgan fingerprint density at radius 1 is 1.14 bits per heavy atom. The first-order valence-corrected chi connectivity index (χ1v) is 11.4. The van der Waals surface area contributed by atoms with Gasteiger partial charge in [0, 0.05) is 25.2 Å². The first-order chi connectivity index (χ1) is 13.9. The molecular formula is C22H28N2O4S. The SMILES string of the molecule is COc1cccc(CCCNC(=O)c2cc(S(=O)(=O)N3CCCC3)ccc2C)c1. The number of methoxy groups -OCH3 is 1. The number of carbonyl (C=O) groups is 1. The van der Waals surface area contributed by atoms with Crippen molar-refractivity contribution in [3.05, 3.63) is 59.2 Å². The number of hydrogen-bond acceptors (Lipinski definition) is 4. The first kappa shape index (κ1) is 21.3. The van der Waals surface area contributed by atoms with Crippen LogP contribution in [0, 0.1) is 6.92 Å². The van der Waals surface area contributed by atoms with E-state index < -0.39 is 10.0 Å². The van der Waals surface area contributed by atoms with Crippen molar-refractivity contribution in [1.29, 1.82) is 0 Å². The fourth-order valence-corrected chi connectivity index (χ4v) is 5.05. The summed E-state index contributed by atoms with van der Waals surface area (Å²) in [6.45, 7) is 3.42. The van der Waals surface area contributed by atoms with Gasteiger partial charge in [-0.15, -0.1) is 0 Å². The topological polar surface area (TPSA) is 75.7 Å². The third-order valence-electron chi connectivity index (χ3n) is 5.22. The molecule has 29 heavy (non-hydrogen) atoms. The van der Waals surface area contributed by atoms with E-state index in [4.69, 9.17) is 4.74 Å². The molecule has 0 aliphatic carbocycles. The van der Waals surface area contributed by atoms with Crippen molar-refractivity contribution in [1.82, 2.24) is 9.62 Å². The van der Waals surface area contributed by atoms with Gasteiger partial charge in [-0.2, -0.15) is 4.31 Å². The average Bonchev–Trinajstić information content (AvgIpc) is 3.27. The molecule has 2 aromatic carbocycles. The highest BCUT2D eigenvalue weighted by Crippen LogP contribution is 2.23. The van der Waals surface area contributed by atoms with Gasteiger partial charge in [0.25, 0.3) is 5.91 Å². The van der Waals surface area contributed by atoms with Gasteiger partial charge < -0.3 is 10.1 Å². The molecule has 1 aliphatic rings. The van der Waals surface area contributed by atoms with Crippen molar-refractivity contribution in [2.45, 2.75) is 37.5 Å². The lowest BCUT2D eigenvalue weighted by Crippen LogP contribution is -2.29. The zero-order chi connectivity index (χ0) is 20.9. The van der Waals surface area contributed by atoms with Gasteiger partial charge in [0.05, 0.1) is 12.0 Å². The van der Waals surface area contributed by atoms with E-state index in [0.29, 0.717) is 25.2 Å². The Bertz CT molecular complexity index is 967. The highest BCUT2D eigenvalue weighted by Gasteiger charge is 2.28. The normalized spacial score (nSPS) is 14.7. The number of amides is 1. The van der Waals surface area contributed by atoms with Crippen LogP contribution in [0.15, 0.2) is 47.4 Å². The van der Waals surface area contributed by atoms with E-state index in [0.717, 1.165) is 42.6 Å². The van der Waals surface area contributed by atoms with Crippen LogP contribution in [0.3, 0.4) is 0 Å². The first-order valence-electron chi connectivity index (χ1n) is 9.94. The molecule has 0 radical (unpaired) electrons. The van der Waals surface area contributed by atoms with Crippen LogP contribution in [-0.4, -0.2) is 45.4 Å². The second kappa shape index (κ2) is 9.41. The third kappa shape index (κ3) is 5.16. The van der Waals surface area contributed by atoms with Gasteiger partial charge in [0.15, 0.2) is 0 Å². The fraction of sp³-hybridized carbons (Fsp3) is 0.409. The summed E-state index contributed by atoms with van der Waals surface area (Å²) in [6.07, 6.45) is 3.36. The van der Waals surface area contributed by atoms with Gasteiger partial charge in [-0.1, -0.05) is 18.2 Å². The van der Waals surface area contributed by atoms with Gasteiger partial charge in [0.1, 0.15) is 5.75 Å². The molecule has 1 fully saturated rings. The summed E-state index contributed by atoms with van der Waals surface area (Å²) < 4.78 is 32.3. The molecule has 7 heteroatoms. The summed E-state index contributed by atoms with van der Waals surface area (Å²) in [7, 11) is -1.90. The van der Waals surface area contributed by atoms with Crippen LogP contribution < -0.4 is 10.1 Å². The molecule has 1 N–H and O–H groups in total. The van der Waals surface area contributed by atoms with Crippen LogP contribution >= 0.6 is 0 Å². The van der Waals surface area contributed by atoms with Crippen LogP contribution in [0.25, 0.3) is 0 Å². The van der Waals surface area contributed by atoms with Crippen molar-refractivity contribution < 1.29 is 17.9 Å². The summed E-state index contributed by atoms with van der Waals surface area (Å²) >= 11 is 0. The maximum absolute atomic E-state index is 12.8. The highest BCUT2D eigenvalue weighted by molar-refractivity contribution is 7.89. The molecular weight excluding hydrogens is 388 g/mol. The predicted molar refractivity (Wildman–Crippen MR) is 113 cm³/mol. The number of sulfonamides is 1. The number of hydrogen-bond donors (Lipinski definition) is 1. The second-order valence-corrected chi connectivity index (χ2v) is 9.24. The van der Waals surface area contributed by atoms with Gasteiger partial charge in [0.2, 0.25) is 10.0 Å². The lowest BCUT2D eigenvalue weighted by atomic mass is 10.1. The molecule has 1 aliphatic heterocycles. The average molecular weight is 417 g/mol. The number of carbonyl (C=O) groups excluding carboxylic acids is 1. The number of benzene rings is 2. The second-order valence-electron chi connectivity index (χ2n) is 7.30. The number of ether oxygens (including phenoxy) is 1. The zero-order valence-electron chi connectivity index (χ0n) is 17.0. The van der Waals surface area contributed by atoms with Crippen molar-refractivity contribution in [3.8, 4) is 5.75 Å². The van der Waals surface area contributed by atoms with Gasteiger partial charge in [-0.05, 0) is 68.0 Å². The van der Waals surface area contributed by atoms with E-state index >= 15 is 0 Å². The highest BCUT2D eigenvalue weighted by atomic mass is 32.2. The lowest BCUT2D eigenvalue weighted by molar-refractivity contribution is 0.0952. The van der Waals surface area contributed by atoms with Crippen molar-refractivity contribution in [3.63, 3.8) is 0 Å². The minimum Gasteiger partial charge on any atom is -0.497 e. The molecule has 3 rings (SSSR count). The van der Waals surface area contributed by atoms with Crippen LogP contribution in [-0.2, 0) is 16.4 Å². The third-order valence-corrected chi connectivity index (χ3v) is 7.11. The molecule has 0 spiro atoms. The Balaban J connectivity index is 1.61. The van der Waals surface area contributed by atoms with E-state index in [-0.39, 0.29) is 10.8 Å². The molecule has 0 aromatic heterocycles. The Morgan fingerprint density at radius 3 is 2.62 bits per heavy atom. The molecule has 1 saturated heterocycles. The molecule has 1 amide bonds. The Hall–Kier alpha value is -2.38. The van der Waals surface area contributed by atoms with Crippen LogP contribution in [0.5, 0.6) is 5.75 Å². The number of rotatable bonds is 8. The lowest BCUT2D eigenvalue weighted by Gasteiger charge is -2.17. The standard InChI is InChI=1S/C22H28N2O4S/c1-17-10-11-20(29(26,27)24-13-3-4-14-24)16-21(17)22(25)23-12-6-8-18-7-5-9-19(15-18)28-2/h5,7,9-11,15-16H,3-4,6,8,12-14H2,1-2H3,(H,23,25). The molecule has 0 bridgehead atoms. The van der Waals surface area contributed by atoms with E-state index in [9.17, 15) is 13.2 Å². The van der Waals surface area contributed by atoms with Crippen molar-refractivity contribution in [2.75, 3.05) is 26.7 Å². The summed E-state index contributed by atoms with van der Waals surface area (Å²) in [5.41, 5.74) is 2.32. The number of aryl methyl sites for hydroxylation is 2. The molecule has 0 unspecified atom stereocenters. The van der Waals surface area contributed by atoms with Crippen LogP contribution in [0.4, 0.5) is 0 Å². The van der Waals surface area contributed by atoms with Gasteiger partial charge in [-0.3, -0.25) is 4.79 Å². The monoisotopic (exact) mass is 416 g/mol. The van der Waals surface area contributed by atoms with Gasteiger partial charge in [-0.25, -0.2) is 8.42 Å². The molecule has 0 saturated carbocycles. The summed E-state index contributed by atoms with van der Waals surface area (Å²) in [4.78, 5) is 12.8. The zero-order valence-corrected chi connectivity index (χ0v) is 17.8. The minimum absolute atomic E-state index is 0.187. The Kier molecular flexibility index (Phi) is 6.92. The predicted octanol–water partition coefficient (Wildman–Crippen LogP) is 3.15. The molecule has 1 heterocycles. The molecule has 6 nitrogen and oxygen atoms in total. The quantitative estimate of drug-likeness (QED) is 0.671. The molecule has 156 valence electrons. The van der Waals surface area contributed by atoms with E-state index in [1.54, 1.807) is 19.2 Å². The van der Waals surface area contributed by atoms with E-state index in [1.807, 2.05) is 31.2 Å². The maximum Gasteiger partial charge on any atom is 0.251 e. The Morgan fingerprint density at radius 2 is 1.90 bits per heavy atom. The maximum atomic E-state index is 12.8. The van der Waals surface area contributed by atoms with Crippen LogP contribution in [0.1, 0.15) is 40.7 Å². The van der Waals surface area contributed by atoms with E-state index in [1.165, 1.54) is 10.4 Å². The van der Waals surface area contributed by atoms with Crippen molar-refractivity contribution >= 4 is 15.9 Å². The smallest absolute Gasteiger partial charge is 0.251 e. The molecule has 2 aromatic rings. The van der Waals surface area contributed by atoms with Gasteiger partial charge >= 0.3 is 0 Å². The van der Waals surface area contributed by atoms with Crippen molar-refractivity contribution in [2.24, 2.45) is 0 Å².